The van der Waals surface area contributed by atoms with Crippen molar-refractivity contribution in [3.05, 3.63) is 34.9 Å². The zero-order valence-corrected chi connectivity index (χ0v) is 17.2. The highest BCUT2D eigenvalue weighted by Gasteiger charge is 2.55. The monoisotopic (exact) mass is 404 g/mol. The molecule has 1 aliphatic carbocycles. The minimum atomic E-state index is -0.365. The number of halogens is 1. The lowest BCUT2D eigenvalue weighted by atomic mass is 9.64. The summed E-state index contributed by atoms with van der Waals surface area (Å²) >= 11 is 5.90. The highest BCUT2D eigenvalue weighted by atomic mass is 35.5. The van der Waals surface area contributed by atoms with E-state index in [0.717, 1.165) is 50.6 Å². The maximum Gasteiger partial charge on any atom is 0.407 e. The predicted molar refractivity (Wildman–Crippen MR) is 108 cm³/mol. The van der Waals surface area contributed by atoms with E-state index >= 15 is 0 Å². The molecule has 0 aromatic heterocycles. The Balaban J connectivity index is 1.38. The van der Waals surface area contributed by atoms with Gasteiger partial charge in [-0.05, 0) is 68.1 Å². The van der Waals surface area contributed by atoms with Crippen LogP contribution in [-0.4, -0.2) is 35.1 Å². The van der Waals surface area contributed by atoms with Crippen LogP contribution >= 0.6 is 11.6 Å². The van der Waals surface area contributed by atoms with Gasteiger partial charge in [0.15, 0.2) is 0 Å². The zero-order chi connectivity index (χ0) is 19.7. The molecule has 0 unspecified atom stereocenters. The Morgan fingerprint density at radius 2 is 2.04 bits per heavy atom. The van der Waals surface area contributed by atoms with Crippen LogP contribution in [0.3, 0.4) is 0 Å². The van der Waals surface area contributed by atoms with Crippen molar-refractivity contribution < 1.29 is 14.3 Å². The van der Waals surface area contributed by atoms with Crippen molar-refractivity contribution in [1.82, 2.24) is 10.2 Å². The van der Waals surface area contributed by atoms with Crippen molar-refractivity contribution in [2.45, 2.75) is 70.1 Å². The average molecular weight is 405 g/mol. The molecular weight excluding hydrogens is 376 g/mol. The van der Waals surface area contributed by atoms with Crippen LogP contribution in [0.2, 0.25) is 5.02 Å². The number of nitrogens with zero attached hydrogens (tertiary/aromatic N) is 1. The molecule has 1 aromatic rings. The van der Waals surface area contributed by atoms with Gasteiger partial charge < -0.3 is 15.0 Å². The molecule has 0 bridgehead atoms. The molecule has 152 valence electrons. The zero-order valence-electron chi connectivity index (χ0n) is 16.5. The second kappa shape index (κ2) is 7.94. The van der Waals surface area contributed by atoms with E-state index in [1.807, 2.05) is 24.3 Å². The first kappa shape index (κ1) is 19.6. The van der Waals surface area contributed by atoms with E-state index in [1.165, 1.54) is 0 Å². The number of alkyl carbamates (subject to hydrolysis) is 1. The third kappa shape index (κ3) is 3.61. The lowest BCUT2D eigenvalue weighted by Gasteiger charge is -2.51. The molecule has 5 nitrogen and oxygen atoms in total. The van der Waals surface area contributed by atoms with Crippen LogP contribution in [0.25, 0.3) is 0 Å². The Morgan fingerprint density at radius 1 is 1.25 bits per heavy atom. The van der Waals surface area contributed by atoms with Crippen LogP contribution in [0, 0.1) is 11.8 Å². The third-order valence-electron chi connectivity index (χ3n) is 7.12. The van der Waals surface area contributed by atoms with Gasteiger partial charge in [-0.1, -0.05) is 30.7 Å². The fourth-order valence-corrected chi connectivity index (χ4v) is 5.90. The highest BCUT2D eigenvalue weighted by molar-refractivity contribution is 6.30. The van der Waals surface area contributed by atoms with Crippen LogP contribution in [-0.2, 0) is 16.1 Å². The number of hydrogen-bond donors (Lipinski definition) is 1. The molecule has 4 atom stereocenters. The number of rotatable bonds is 3. The summed E-state index contributed by atoms with van der Waals surface area (Å²) in [5.41, 5.74) is 0.994. The molecule has 1 aromatic carbocycles. The maximum absolute atomic E-state index is 12.6. The summed E-state index contributed by atoms with van der Waals surface area (Å²) < 4.78 is 5.83. The van der Waals surface area contributed by atoms with E-state index in [-0.39, 0.29) is 23.7 Å². The van der Waals surface area contributed by atoms with Gasteiger partial charge in [-0.15, -0.1) is 0 Å². The fourth-order valence-electron chi connectivity index (χ4n) is 5.77. The van der Waals surface area contributed by atoms with Crippen LogP contribution in [0.5, 0.6) is 0 Å². The van der Waals surface area contributed by atoms with Crippen molar-refractivity contribution in [2.75, 3.05) is 6.54 Å². The molecule has 3 fully saturated rings. The predicted octanol–water partition coefficient (Wildman–Crippen LogP) is 4.53. The number of benzene rings is 1. The Bertz CT molecular complexity index is 738. The van der Waals surface area contributed by atoms with Gasteiger partial charge in [-0.2, -0.15) is 0 Å². The summed E-state index contributed by atoms with van der Waals surface area (Å²) in [7, 11) is 0. The second-order valence-corrected chi connectivity index (χ2v) is 9.01. The molecule has 4 rings (SSSR count). The second-order valence-electron chi connectivity index (χ2n) is 8.57. The molecule has 1 saturated carbocycles. The Labute approximate surface area is 171 Å². The molecule has 0 radical (unpaired) electrons. The smallest absolute Gasteiger partial charge is 0.407 e. The normalized spacial score (nSPS) is 32.3. The number of amides is 2. The van der Waals surface area contributed by atoms with E-state index in [4.69, 9.17) is 16.3 Å². The average Bonchev–Trinajstić information content (AvgIpc) is 3.05. The van der Waals surface area contributed by atoms with Gasteiger partial charge in [0.25, 0.3) is 0 Å². The molecule has 2 amide bonds. The van der Waals surface area contributed by atoms with Gasteiger partial charge in [0.2, 0.25) is 5.91 Å². The summed E-state index contributed by atoms with van der Waals surface area (Å²) in [5, 5.41) is 3.53. The minimum Gasteiger partial charge on any atom is -0.446 e. The summed E-state index contributed by atoms with van der Waals surface area (Å²) in [5.74, 6) is 1.01. The lowest BCUT2D eigenvalue weighted by Crippen LogP contribution is -2.58. The summed E-state index contributed by atoms with van der Waals surface area (Å²) in [6.45, 7) is 3.52. The van der Waals surface area contributed by atoms with E-state index in [1.54, 1.807) is 0 Å². The first-order valence-electron chi connectivity index (χ1n) is 10.5. The number of hydrogen-bond acceptors (Lipinski definition) is 3. The standard InChI is InChI=1S/C22H29ClN2O3/c1-15-18-4-2-5-20(26)25-13-3-11-22(18,25)12-10-19(15)28-21(27)24-14-16-6-8-17(23)9-7-16/h6-9,15,18-19H,2-5,10-14H2,1H3,(H,24,27)/t15-,18+,19+,22-/m1/s1. The van der Waals surface area contributed by atoms with Gasteiger partial charge in [-0.25, -0.2) is 4.79 Å². The van der Waals surface area contributed by atoms with Gasteiger partial charge in [0.1, 0.15) is 6.10 Å². The topological polar surface area (TPSA) is 58.6 Å². The fraction of sp³-hybridized carbons (Fsp3) is 0.636. The van der Waals surface area contributed by atoms with Crippen LogP contribution in [0.1, 0.15) is 57.4 Å². The van der Waals surface area contributed by atoms with Gasteiger partial charge in [0.05, 0.1) is 0 Å². The lowest BCUT2D eigenvalue weighted by molar-refractivity contribution is -0.140. The number of carbonyl (C=O) groups is 2. The van der Waals surface area contributed by atoms with Crippen molar-refractivity contribution in [2.24, 2.45) is 11.8 Å². The van der Waals surface area contributed by atoms with Crippen LogP contribution in [0.15, 0.2) is 24.3 Å². The maximum atomic E-state index is 12.6. The van der Waals surface area contributed by atoms with E-state index < -0.39 is 0 Å². The first-order valence-corrected chi connectivity index (χ1v) is 10.9. The van der Waals surface area contributed by atoms with Gasteiger partial charge in [0, 0.05) is 30.1 Å². The molecule has 3 aliphatic rings. The quantitative estimate of drug-likeness (QED) is 0.805. The van der Waals surface area contributed by atoms with E-state index in [9.17, 15) is 9.59 Å². The van der Waals surface area contributed by atoms with Crippen molar-refractivity contribution in [1.29, 1.82) is 0 Å². The summed E-state index contributed by atoms with van der Waals surface area (Å²) in [6, 6.07) is 7.42. The Morgan fingerprint density at radius 3 is 2.82 bits per heavy atom. The van der Waals surface area contributed by atoms with E-state index in [0.29, 0.717) is 29.8 Å². The molecule has 1 spiro atoms. The number of carbonyl (C=O) groups excluding carboxylic acids is 2. The molecule has 6 heteroatoms. The van der Waals surface area contributed by atoms with Crippen molar-refractivity contribution in [3.63, 3.8) is 0 Å². The highest BCUT2D eigenvalue weighted by Crippen LogP contribution is 2.52. The van der Waals surface area contributed by atoms with Crippen molar-refractivity contribution in [3.8, 4) is 0 Å². The van der Waals surface area contributed by atoms with Crippen molar-refractivity contribution >= 4 is 23.6 Å². The Hall–Kier alpha value is -1.75. The molecule has 28 heavy (non-hydrogen) atoms. The summed E-state index contributed by atoms with van der Waals surface area (Å²) in [4.78, 5) is 27.1. The molecule has 2 aliphatic heterocycles. The SMILES string of the molecule is C[C@H]1[C@@H](OC(=O)NCc2ccc(Cl)cc2)CC[C@@]23CCCN2C(=O)CCC[C@@H]13. The third-order valence-corrected chi connectivity index (χ3v) is 7.37. The number of ether oxygens (including phenoxy) is 1. The minimum absolute atomic E-state index is 0.00659. The molecule has 2 heterocycles. The van der Waals surface area contributed by atoms with Gasteiger partial charge in [-0.3, -0.25) is 4.79 Å². The summed E-state index contributed by atoms with van der Waals surface area (Å²) in [6.07, 6.45) is 6.19. The van der Waals surface area contributed by atoms with E-state index in [2.05, 4.69) is 17.1 Å². The Kier molecular flexibility index (Phi) is 5.55. The molecule has 1 N–H and O–H groups in total. The van der Waals surface area contributed by atoms with Crippen LogP contribution < -0.4 is 5.32 Å². The van der Waals surface area contributed by atoms with Crippen LogP contribution in [0.4, 0.5) is 4.79 Å². The largest absolute Gasteiger partial charge is 0.446 e. The van der Waals surface area contributed by atoms with Gasteiger partial charge >= 0.3 is 6.09 Å². The first-order chi connectivity index (χ1) is 13.5. The molecule has 2 saturated heterocycles. The molecular formula is C22H29ClN2O3. The number of nitrogens with one attached hydrogen (secondary N) is 1.